The molecule has 2 atom stereocenters. The fourth-order valence-corrected chi connectivity index (χ4v) is 5.94. The van der Waals surface area contributed by atoms with Gasteiger partial charge in [-0.1, -0.05) is 18.2 Å². The summed E-state index contributed by atoms with van der Waals surface area (Å²) in [5.74, 6) is 0.982. The lowest BCUT2D eigenvalue weighted by Gasteiger charge is -2.36. The lowest BCUT2D eigenvalue weighted by Crippen LogP contribution is -2.53. The Morgan fingerprint density at radius 1 is 0.972 bits per heavy atom. The summed E-state index contributed by atoms with van der Waals surface area (Å²) in [6, 6.07) is 14.6. The third kappa shape index (κ3) is 4.51. The van der Waals surface area contributed by atoms with Gasteiger partial charge in [0.2, 0.25) is 5.95 Å². The standard InChI is InChI=1S/C30H36N6/c1-17-5-8-25-26(13-32-27(25)9-17)29-20(4)28(34-30(31)35-29)24-11-21(10-23(12-24)22-6-7-22)16-36-14-18(2)33-19(3)15-36/h5,8-13,18-19,22,32-33H,6-7,14-16H2,1-4H3,(H2,31,34,35)/t18-,19+. The summed E-state index contributed by atoms with van der Waals surface area (Å²) >= 11 is 0. The maximum atomic E-state index is 6.32. The Hall–Kier alpha value is -3.22. The molecule has 6 nitrogen and oxygen atoms in total. The lowest BCUT2D eigenvalue weighted by atomic mass is 9.96. The maximum absolute atomic E-state index is 6.32. The summed E-state index contributed by atoms with van der Waals surface area (Å²) in [6.07, 6.45) is 4.59. The average Bonchev–Trinajstić information content (AvgIpc) is 3.60. The molecule has 2 aromatic heterocycles. The molecule has 186 valence electrons. The molecular weight excluding hydrogens is 444 g/mol. The molecule has 2 fully saturated rings. The number of aromatic amines is 1. The summed E-state index contributed by atoms with van der Waals surface area (Å²) < 4.78 is 0. The van der Waals surface area contributed by atoms with E-state index in [2.05, 4.69) is 79.3 Å². The van der Waals surface area contributed by atoms with E-state index < -0.39 is 0 Å². The summed E-state index contributed by atoms with van der Waals surface area (Å²) in [6.45, 7) is 11.9. The van der Waals surface area contributed by atoms with Crippen molar-refractivity contribution >= 4 is 16.9 Å². The number of anilines is 1. The number of rotatable bonds is 5. The van der Waals surface area contributed by atoms with Gasteiger partial charge in [-0.15, -0.1) is 0 Å². The van der Waals surface area contributed by atoms with Gasteiger partial charge in [-0.25, -0.2) is 9.97 Å². The Balaban J connectivity index is 1.42. The van der Waals surface area contributed by atoms with Crippen molar-refractivity contribution < 1.29 is 0 Å². The molecule has 6 heteroatoms. The van der Waals surface area contributed by atoms with Crippen LogP contribution in [0.1, 0.15) is 54.9 Å². The van der Waals surface area contributed by atoms with Crippen LogP contribution in [0.5, 0.6) is 0 Å². The number of benzene rings is 2. The highest BCUT2D eigenvalue weighted by Gasteiger charge is 2.26. The third-order valence-corrected chi connectivity index (χ3v) is 7.63. The zero-order valence-electron chi connectivity index (χ0n) is 21.7. The average molecular weight is 481 g/mol. The Morgan fingerprint density at radius 3 is 2.47 bits per heavy atom. The predicted molar refractivity (Wildman–Crippen MR) is 148 cm³/mol. The highest BCUT2D eigenvalue weighted by atomic mass is 15.2. The topological polar surface area (TPSA) is 82.9 Å². The van der Waals surface area contributed by atoms with Gasteiger partial charge in [0, 0.05) is 65.5 Å². The van der Waals surface area contributed by atoms with Crippen LogP contribution in [0.2, 0.25) is 0 Å². The van der Waals surface area contributed by atoms with Crippen molar-refractivity contribution in [3.63, 3.8) is 0 Å². The zero-order chi connectivity index (χ0) is 25.0. The molecule has 0 radical (unpaired) electrons. The fraction of sp³-hybridized carbons (Fsp3) is 0.400. The van der Waals surface area contributed by atoms with Crippen molar-refractivity contribution in [1.29, 1.82) is 0 Å². The van der Waals surface area contributed by atoms with Gasteiger partial charge < -0.3 is 16.0 Å². The molecular formula is C30H36N6. The highest BCUT2D eigenvalue weighted by molar-refractivity contribution is 5.96. The number of fused-ring (bicyclic) bond motifs is 1. The number of hydrogen-bond acceptors (Lipinski definition) is 5. The molecule has 3 heterocycles. The Labute approximate surface area is 213 Å². The van der Waals surface area contributed by atoms with Gasteiger partial charge in [0.05, 0.1) is 11.4 Å². The molecule has 2 aromatic carbocycles. The van der Waals surface area contributed by atoms with Crippen molar-refractivity contribution in [3.8, 4) is 22.5 Å². The van der Waals surface area contributed by atoms with E-state index >= 15 is 0 Å². The van der Waals surface area contributed by atoms with Crippen molar-refractivity contribution in [2.24, 2.45) is 0 Å². The van der Waals surface area contributed by atoms with E-state index in [9.17, 15) is 0 Å². The largest absolute Gasteiger partial charge is 0.368 e. The number of H-pyrrole nitrogens is 1. The van der Waals surface area contributed by atoms with Crippen LogP contribution in [0.3, 0.4) is 0 Å². The summed E-state index contributed by atoms with van der Waals surface area (Å²) in [5.41, 5.74) is 16.6. The van der Waals surface area contributed by atoms with Crippen LogP contribution in [0.25, 0.3) is 33.4 Å². The van der Waals surface area contributed by atoms with Crippen molar-refractivity contribution in [1.82, 2.24) is 25.2 Å². The molecule has 4 N–H and O–H groups in total. The van der Waals surface area contributed by atoms with E-state index in [0.29, 0.717) is 23.9 Å². The van der Waals surface area contributed by atoms with E-state index in [1.165, 1.54) is 29.5 Å². The molecule has 0 spiro atoms. The molecule has 1 aliphatic heterocycles. The second-order valence-corrected chi connectivity index (χ2v) is 11.1. The number of aromatic nitrogens is 3. The lowest BCUT2D eigenvalue weighted by molar-refractivity contribution is 0.166. The van der Waals surface area contributed by atoms with Crippen molar-refractivity contribution in [2.45, 2.75) is 65.1 Å². The van der Waals surface area contributed by atoms with Crippen LogP contribution in [-0.2, 0) is 6.54 Å². The quantitative estimate of drug-likeness (QED) is 0.349. The fourth-order valence-electron chi connectivity index (χ4n) is 5.94. The third-order valence-electron chi connectivity index (χ3n) is 7.63. The molecule has 1 aliphatic carbocycles. The Morgan fingerprint density at radius 2 is 1.72 bits per heavy atom. The smallest absolute Gasteiger partial charge is 0.221 e. The number of piperazine rings is 1. The summed E-state index contributed by atoms with van der Waals surface area (Å²) in [7, 11) is 0. The van der Waals surface area contributed by atoms with Crippen LogP contribution in [-0.4, -0.2) is 45.0 Å². The van der Waals surface area contributed by atoms with Crippen molar-refractivity contribution in [2.75, 3.05) is 18.8 Å². The van der Waals surface area contributed by atoms with Gasteiger partial charge in [0.1, 0.15) is 0 Å². The molecule has 0 amide bonds. The van der Waals surface area contributed by atoms with Gasteiger partial charge in [-0.3, -0.25) is 4.90 Å². The summed E-state index contributed by atoms with van der Waals surface area (Å²) in [4.78, 5) is 15.5. The first-order valence-electron chi connectivity index (χ1n) is 13.2. The normalized spacial score (nSPS) is 20.8. The number of aryl methyl sites for hydroxylation is 1. The monoisotopic (exact) mass is 480 g/mol. The highest BCUT2D eigenvalue weighted by Crippen LogP contribution is 2.42. The van der Waals surface area contributed by atoms with Gasteiger partial charge >= 0.3 is 0 Å². The molecule has 36 heavy (non-hydrogen) atoms. The van der Waals surface area contributed by atoms with E-state index in [0.717, 1.165) is 58.6 Å². The van der Waals surface area contributed by atoms with Gasteiger partial charge in [0.25, 0.3) is 0 Å². The van der Waals surface area contributed by atoms with Crippen LogP contribution < -0.4 is 11.1 Å². The van der Waals surface area contributed by atoms with Crippen LogP contribution >= 0.6 is 0 Å². The number of hydrogen-bond donors (Lipinski definition) is 3. The first-order chi connectivity index (χ1) is 17.3. The van der Waals surface area contributed by atoms with Gasteiger partial charge in [0.15, 0.2) is 0 Å². The van der Waals surface area contributed by atoms with Gasteiger partial charge in [-0.2, -0.15) is 0 Å². The van der Waals surface area contributed by atoms with E-state index in [1.54, 1.807) is 0 Å². The molecule has 1 saturated carbocycles. The second-order valence-electron chi connectivity index (χ2n) is 11.1. The summed E-state index contributed by atoms with van der Waals surface area (Å²) in [5, 5.41) is 4.80. The molecule has 6 rings (SSSR count). The first kappa shape index (κ1) is 23.2. The van der Waals surface area contributed by atoms with Crippen LogP contribution in [0.15, 0.2) is 42.6 Å². The minimum Gasteiger partial charge on any atom is -0.368 e. The minimum absolute atomic E-state index is 0.315. The SMILES string of the molecule is Cc1ccc2c(-c3nc(N)nc(-c4cc(CN5C[C@@H](C)N[C@@H](C)C5)cc(C5CC5)c4)c3C)c[nH]c2c1. The van der Waals surface area contributed by atoms with Crippen LogP contribution in [0, 0.1) is 13.8 Å². The maximum Gasteiger partial charge on any atom is 0.221 e. The van der Waals surface area contributed by atoms with Crippen LogP contribution in [0.4, 0.5) is 5.95 Å². The van der Waals surface area contributed by atoms with Crippen molar-refractivity contribution in [3.05, 3.63) is 64.8 Å². The van der Waals surface area contributed by atoms with E-state index in [-0.39, 0.29) is 0 Å². The van der Waals surface area contributed by atoms with E-state index in [1.807, 2.05) is 6.20 Å². The molecule has 1 saturated heterocycles. The zero-order valence-corrected chi connectivity index (χ0v) is 21.7. The first-order valence-corrected chi connectivity index (χ1v) is 13.2. The number of nitrogens with one attached hydrogen (secondary N) is 2. The molecule has 0 unspecified atom stereocenters. The number of nitrogen functional groups attached to an aromatic ring is 1. The Bertz CT molecular complexity index is 1420. The van der Waals surface area contributed by atoms with Gasteiger partial charge in [-0.05, 0) is 81.3 Å². The number of nitrogens with zero attached hydrogens (tertiary/aromatic N) is 3. The number of nitrogens with two attached hydrogens (primary N) is 1. The molecule has 0 bridgehead atoms. The molecule has 2 aliphatic rings. The minimum atomic E-state index is 0.315. The molecule has 4 aromatic rings. The second kappa shape index (κ2) is 9.02. The Kier molecular flexibility index (Phi) is 5.81. The van der Waals surface area contributed by atoms with E-state index in [4.69, 9.17) is 15.7 Å². The predicted octanol–water partition coefficient (Wildman–Crippen LogP) is 5.55.